The smallest absolute Gasteiger partial charge is 0.209 e. The Balaban J connectivity index is 1.61. The maximum atomic E-state index is 9.23. The van der Waals surface area contributed by atoms with Crippen LogP contribution in [-0.2, 0) is 0 Å². The average molecular weight is 372 g/mol. The monoisotopic (exact) mass is 371 g/mol. The number of aliphatic imine (C=N–C) groups is 1. The molecule has 136 valence electrons. The van der Waals surface area contributed by atoms with Crippen LogP contribution in [0.4, 0.5) is 5.69 Å². The Kier molecular flexibility index (Phi) is 8.24. The minimum atomic E-state index is 0.199. The Morgan fingerprint density at radius 2 is 1.81 bits per heavy atom. The van der Waals surface area contributed by atoms with Crippen molar-refractivity contribution < 1.29 is 4.74 Å². The number of unbranched alkanes of at least 4 members (excludes halogenated alkanes) is 3. The lowest BCUT2D eigenvalue weighted by atomic mass is 10.2. The van der Waals surface area contributed by atoms with Gasteiger partial charge in [-0.05, 0) is 55.7 Å². The number of nitrogens with two attached hydrogens (primary N) is 1. The number of benzene rings is 1. The predicted octanol–water partition coefficient (Wildman–Crippen LogP) is 3.98. The van der Waals surface area contributed by atoms with Gasteiger partial charge in [0.05, 0.1) is 12.3 Å². The van der Waals surface area contributed by atoms with Crippen molar-refractivity contribution in [1.82, 2.24) is 4.98 Å². The van der Waals surface area contributed by atoms with Gasteiger partial charge in [0.2, 0.25) is 5.96 Å². The number of nitriles is 1. The maximum absolute atomic E-state index is 9.23. The van der Waals surface area contributed by atoms with E-state index in [1.807, 2.05) is 30.5 Å². The molecule has 0 unspecified atom stereocenters. The number of guanidine groups is 1. The zero-order chi connectivity index (χ0) is 18.6. The molecular weight excluding hydrogens is 350 g/mol. The number of nitrogens with zero attached hydrogens (tertiary/aromatic N) is 4. The molecule has 0 amide bonds. The van der Waals surface area contributed by atoms with Gasteiger partial charge in [-0.1, -0.05) is 18.0 Å². The summed E-state index contributed by atoms with van der Waals surface area (Å²) in [7, 11) is 0. The van der Waals surface area contributed by atoms with Gasteiger partial charge >= 0.3 is 0 Å². The molecule has 0 radical (unpaired) electrons. The predicted molar refractivity (Wildman–Crippen MR) is 104 cm³/mol. The van der Waals surface area contributed by atoms with Gasteiger partial charge in [0, 0.05) is 24.0 Å². The normalized spacial score (nSPS) is 11.0. The van der Waals surface area contributed by atoms with E-state index in [9.17, 15) is 5.26 Å². The number of rotatable bonds is 9. The second-order valence-corrected chi connectivity index (χ2v) is 6.03. The Morgan fingerprint density at radius 1 is 1.12 bits per heavy atom. The Hall–Kier alpha value is -2.78. The quantitative estimate of drug-likeness (QED) is 0.237. The minimum Gasteiger partial charge on any atom is -0.494 e. The van der Waals surface area contributed by atoms with Crippen LogP contribution in [0, 0.1) is 11.5 Å². The highest BCUT2D eigenvalue weighted by molar-refractivity contribution is 6.30. The summed E-state index contributed by atoms with van der Waals surface area (Å²) < 4.78 is 5.65. The first-order chi connectivity index (χ1) is 12.7. The van der Waals surface area contributed by atoms with Crippen molar-refractivity contribution in [1.29, 1.82) is 5.26 Å². The number of aromatic nitrogens is 1. The first kappa shape index (κ1) is 19.5. The molecule has 6 nitrogen and oxygen atoms in total. The van der Waals surface area contributed by atoms with Crippen LogP contribution >= 0.6 is 11.6 Å². The van der Waals surface area contributed by atoms with Crippen LogP contribution in [0.5, 0.6) is 5.75 Å². The van der Waals surface area contributed by atoms with E-state index >= 15 is 0 Å². The molecule has 2 rings (SSSR count). The van der Waals surface area contributed by atoms with Crippen LogP contribution in [0.1, 0.15) is 25.7 Å². The van der Waals surface area contributed by atoms with Gasteiger partial charge in [-0.3, -0.25) is 9.98 Å². The lowest BCUT2D eigenvalue weighted by Crippen LogP contribution is -2.33. The number of ether oxygens (including phenoxy) is 1. The lowest BCUT2D eigenvalue weighted by molar-refractivity contribution is 0.305. The SMILES string of the molecule is N#CN(C(N)=NCCCCCCOc1ccc(Cl)cc1)c1ccncc1. The first-order valence-corrected chi connectivity index (χ1v) is 8.86. The average Bonchev–Trinajstić information content (AvgIpc) is 2.67. The molecule has 0 fully saturated rings. The number of pyridine rings is 1. The van der Waals surface area contributed by atoms with E-state index < -0.39 is 0 Å². The Bertz CT molecular complexity index is 728. The van der Waals surface area contributed by atoms with Crippen LogP contribution in [0.3, 0.4) is 0 Å². The van der Waals surface area contributed by atoms with Gasteiger partial charge < -0.3 is 10.5 Å². The summed E-state index contributed by atoms with van der Waals surface area (Å²) in [5.74, 6) is 1.03. The highest BCUT2D eigenvalue weighted by Gasteiger charge is 2.08. The van der Waals surface area contributed by atoms with Crippen LogP contribution in [0.2, 0.25) is 5.02 Å². The van der Waals surface area contributed by atoms with Gasteiger partial charge in [0.25, 0.3) is 0 Å². The highest BCUT2D eigenvalue weighted by Crippen LogP contribution is 2.16. The molecule has 1 aromatic carbocycles. The van der Waals surface area contributed by atoms with E-state index in [2.05, 4.69) is 9.98 Å². The Labute approximate surface area is 158 Å². The van der Waals surface area contributed by atoms with E-state index in [1.165, 1.54) is 4.90 Å². The molecule has 1 aromatic heterocycles. The number of hydrogen-bond donors (Lipinski definition) is 1. The summed E-state index contributed by atoms with van der Waals surface area (Å²) in [6.07, 6.45) is 9.22. The van der Waals surface area contributed by atoms with Gasteiger partial charge in [-0.15, -0.1) is 0 Å². The molecule has 0 spiro atoms. The highest BCUT2D eigenvalue weighted by atomic mass is 35.5. The zero-order valence-corrected chi connectivity index (χ0v) is 15.3. The summed E-state index contributed by atoms with van der Waals surface area (Å²) in [5, 5.41) is 9.94. The van der Waals surface area contributed by atoms with Gasteiger partial charge in [0.1, 0.15) is 5.75 Å². The van der Waals surface area contributed by atoms with Crippen molar-refractivity contribution >= 4 is 23.2 Å². The molecular formula is C19H22ClN5O. The molecule has 0 bridgehead atoms. The first-order valence-electron chi connectivity index (χ1n) is 8.49. The summed E-state index contributed by atoms with van der Waals surface area (Å²) in [6.45, 7) is 1.27. The van der Waals surface area contributed by atoms with E-state index in [0.717, 1.165) is 31.4 Å². The van der Waals surface area contributed by atoms with Crippen molar-refractivity contribution in [3.8, 4) is 11.9 Å². The molecule has 1 heterocycles. The fourth-order valence-electron chi connectivity index (χ4n) is 2.29. The molecule has 0 atom stereocenters. The standard InChI is InChI=1S/C19H22ClN5O/c20-16-5-7-18(8-6-16)26-14-4-2-1-3-11-24-19(22)25(15-21)17-9-12-23-13-10-17/h5-10,12-13H,1-4,11,14H2,(H2,22,24). The summed E-state index contributed by atoms with van der Waals surface area (Å²) in [4.78, 5) is 9.49. The molecule has 0 saturated heterocycles. The van der Waals surface area contributed by atoms with E-state index in [1.54, 1.807) is 24.5 Å². The third kappa shape index (κ3) is 6.61. The minimum absolute atomic E-state index is 0.199. The van der Waals surface area contributed by atoms with Crippen molar-refractivity contribution in [2.45, 2.75) is 25.7 Å². The van der Waals surface area contributed by atoms with Crippen molar-refractivity contribution in [3.63, 3.8) is 0 Å². The molecule has 2 aromatic rings. The molecule has 0 saturated carbocycles. The van der Waals surface area contributed by atoms with Gasteiger partial charge in [0.15, 0.2) is 6.19 Å². The fraction of sp³-hybridized carbons (Fsp3) is 0.316. The molecule has 0 aliphatic heterocycles. The second kappa shape index (κ2) is 11.0. The Morgan fingerprint density at radius 3 is 2.50 bits per heavy atom. The molecule has 0 aliphatic carbocycles. The van der Waals surface area contributed by atoms with Crippen molar-refractivity contribution in [2.75, 3.05) is 18.1 Å². The van der Waals surface area contributed by atoms with Crippen LogP contribution in [0.25, 0.3) is 0 Å². The summed E-state index contributed by atoms with van der Waals surface area (Å²) in [6, 6.07) is 10.8. The molecule has 7 heteroatoms. The van der Waals surface area contributed by atoms with Crippen LogP contribution < -0.4 is 15.4 Å². The van der Waals surface area contributed by atoms with E-state index in [0.29, 0.717) is 23.9 Å². The number of anilines is 1. The fourth-order valence-corrected chi connectivity index (χ4v) is 2.41. The van der Waals surface area contributed by atoms with Crippen LogP contribution in [-0.4, -0.2) is 24.1 Å². The number of hydrogen-bond acceptors (Lipinski definition) is 4. The molecule has 2 N–H and O–H groups in total. The van der Waals surface area contributed by atoms with Crippen molar-refractivity contribution in [2.24, 2.45) is 10.7 Å². The van der Waals surface area contributed by atoms with Gasteiger partial charge in [-0.25, -0.2) is 4.90 Å². The summed E-state index contributed by atoms with van der Waals surface area (Å²) >= 11 is 5.83. The lowest BCUT2D eigenvalue weighted by Gasteiger charge is -2.13. The van der Waals surface area contributed by atoms with Gasteiger partial charge in [-0.2, -0.15) is 5.26 Å². The topological polar surface area (TPSA) is 87.5 Å². The van der Waals surface area contributed by atoms with E-state index in [4.69, 9.17) is 22.1 Å². The largest absolute Gasteiger partial charge is 0.494 e. The van der Waals surface area contributed by atoms with Crippen LogP contribution in [0.15, 0.2) is 53.8 Å². The summed E-state index contributed by atoms with van der Waals surface area (Å²) in [5.41, 5.74) is 6.56. The third-order valence-corrected chi connectivity index (χ3v) is 3.91. The molecule has 26 heavy (non-hydrogen) atoms. The maximum Gasteiger partial charge on any atom is 0.209 e. The third-order valence-electron chi connectivity index (χ3n) is 3.66. The second-order valence-electron chi connectivity index (χ2n) is 5.60. The zero-order valence-electron chi connectivity index (χ0n) is 14.5. The molecule has 0 aliphatic rings. The van der Waals surface area contributed by atoms with E-state index in [-0.39, 0.29) is 5.96 Å². The van der Waals surface area contributed by atoms with Crippen molar-refractivity contribution in [3.05, 3.63) is 53.8 Å². The number of halogens is 1.